The van der Waals surface area contributed by atoms with Crippen LogP contribution in [0.4, 0.5) is 0 Å². The second-order valence-corrected chi connectivity index (χ2v) is 3.15. The van der Waals surface area contributed by atoms with E-state index in [2.05, 4.69) is 0 Å². The van der Waals surface area contributed by atoms with Crippen molar-refractivity contribution in [3.63, 3.8) is 0 Å². The highest BCUT2D eigenvalue weighted by atomic mass is 16.3. The topological polar surface area (TPSA) is 83.6 Å². The minimum absolute atomic E-state index is 0.0764. The van der Waals surface area contributed by atoms with Gasteiger partial charge in [-0.15, -0.1) is 0 Å². The van der Waals surface area contributed by atoms with Crippen molar-refractivity contribution in [2.45, 2.75) is 20.3 Å². The molecule has 0 unspecified atom stereocenters. The predicted octanol–water partition coefficient (Wildman–Crippen LogP) is 1.93. The molecule has 0 atom stereocenters. The van der Waals surface area contributed by atoms with Gasteiger partial charge in [-0.05, 0) is 25.5 Å². The van der Waals surface area contributed by atoms with Gasteiger partial charge in [-0.25, -0.2) is 0 Å². The van der Waals surface area contributed by atoms with E-state index in [0.717, 1.165) is 6.42 Å². The van der Waals surface area contributed by atoms with Gasteiger partial charge in [0, 0.05) is 5.57 Å². The molecule has 4 N–H and O–H groups in total. The lowest BCUT2D eigenvalue weighted by molar-refractivity contribution is -0.114. The Kier molecular flexibility index (Phi) is 6.43. The molecule has 0 radical (unpaired) electrons. The molecular weight excluding hydrogens is 206 g/mol. The van der Waals surface area contributed by atoms with Crippen molar-refractivity contribution in [3.05, 3.63) is 35.9 Å². The van der Waals surface area contributed by atoms with Gasteiger partial charge in [-0.1, -0.05) is 25.1 Å². The molecule has 0 fully saturated rings. The summed E-state index contributed by atoms with van der Waals surface area (Å²) < 4.78 is 0. The highest BCUT2D eigenvalue weighted by Gasteiger charge is 1.92. The molecule has 0 saturated carbocycles. The average molecular weight is 223 g/mol. The van der Waals surface area contributed by atoms with E-state index >= 15 is 0 Å². The summed E-state index contributed by atoms with van der Waals surface area (Å²) >= 11 is 0. The molecule has 1 aromatic carbocycles. The van der Waals surface area contributed by atoms with Gasteiger partial charge in [-0.2, -0.15) is 0 Å². The number of hydrogen-bond acceptors (Lipinski definition) is 3. The molecule has 16 heavy (non-hydrogen) atoms. The van der Waals surface area contributed by atoms with Crippen LogP contribution in [0.3, 0.4) is 0 Å². The second-order valence-electron chi connectivity index (χ2n) is 3.15. The van der Waals surface area contributed by atoms with Gasteiger partial charge in [0.1, 0.15) is 0 Å². The molecule has 1 rings (SSSR count). The summed E-state index contributed by atoms with van der Waals surface area (Å²) in [4.78, 5) is 10.2. The molecule has 0 aliphatic carbocycles. The fourth-order valence-electron chi connectivity index (χ4n) is 0.871. The van der Waals surface area contributed by atoms with Gasteiger partial charge in [0.15, 0.2) is 11.5 Å². The predicted molar refractivity (Wildman–Crippen MR) is 63.0 cm³/mol. The number of phenols is 2. The Morgan fingerprint density at radius 3 is 1.94 bits per heavy atom. The van der Waals surface area contributed by atoms with E-state index in [0.29, 0.717) is 5.57 Å². The van der Waals surface area contributed by atoms with Crippen LogP contribution in [0.5, 0.6) is 11.5 Å². The number of aromatic hydroxyl groups is 2. The van der Waals surface area contributed by atoms with Gasteiger partial charge < -0.3 is 15.9 Å². The maximum Gasteiger partial charge on any atom is 0.244 e. The number of phenolic OH excluding ortho intramolecular Hbond substituents is 2. The van der Waals surface area contributed by atoms with Crippen molar-refractivity contribution in [2.75, 3.05) is 0 Å². The Morgan fingerprint density at radius 2 is 1.75 bits per heavy atom. The van der Waals surface area contributed by atoms with Crippen molar-refractivity contribution in [3.8, 4) is 11.5 Å². The molecule has 0 bridgehead atoms. The molecule has 1 amide bonds. The summed E-state index contributed by atoms with van der Waals surface area (Å²) in [6.45, 7) is 3.68. The van der Waals surface area contributed by atoms with Gasteiger partial charge in [0.2, 0.25) is 5.91 Å². The molecule has 0 aliphatic rings. The number of para-hydroxylation sites is 2. The van der Waals surface area contributed by atoms with Crippen molar-refractivity contribution in [2.24, 2.45) is 5.73 Å². The fourth-order valence-corrected chi connectivity index (χ4v) is 0.871. The first-order valence-electron chi connectivity index (χ1n) is 4.92. The summed E-state index contributed by atoms with van der Waals surface area (Å²) in [5, 5.41) is 17.3. The highest BCUT2D eigenvalue weighted by molar-refractivity contribution is 5.91. The lowest BCUT2D eigenvalue weighted by Gasteiger charge is -1.91. The van der Waals surface area contributed by atoms with Crippen molar-refractivity contribution < 1.29 is 15.0 Å². The molecule has 0 aromatic heterocycles. The first kappa shape index (κ1) is 14.0. The number of amides is 1. The SMILES string of the molecule is CCC=C(C)C(N)=O.Oc1ccccc1O. The quantitative estimate of drug-likeness (QED) is 0.529. The summed E-state index contributed by atoms with van der Waals surface area (Å²) in [5.41, 5.74) is 5.56. The van der Waals surface area contributed by atoms with Gasteiger partial charge in [-0.3, -0.25) is 4.79 Å². The molecule has 0 aliphatic heterocycles. The summed E-state index contributed by atoms with van der Waals surface area (Å²) in [5.74, 6) is -0.480. The van der Waals surface area contributed by atoms with E-state index in [1.807, 2.05) is 13.0 Å². The Hall–Kier alpha value is -1.97. The number of benzene rings is 1. The van der Waals surface area contributed by atoms with Gasteiger partial charge >= 0.3 is 0 Å². The molecule has 0 spiro atoms. The van der Waals surface area contributed by atoms with Gasteiger partial charge in [0.25, 0.3) is 0 Å². The zero-order chi connectivity index (χ0) is 12.6. The molecular formula is C12H17NO3. The largest absolute Gasteiger partial charge is 0.504 e. The zero-order valence-corrected chi connectivity index (χ0v) is 9.47. The second kappa shape index (κ2) is 7.34. The lowest BCUT2D eigenvalue weighted by Crippen LogP contribution is -2.11. The summed E-state index contributed by atoms with van der Waals surface area (Å²) in [6.07, 6.45) is 2.68. The zero-order valence-electron chi connectivity index (χ0n) is 9.47. The van der Waals surface area contributed by atoms with Crippen molar-refractivity contribution >= 4 is 5.91 Å². The third kappa shape index (κ3) is 5.70. The Bertz CT molecular complexity index is 351. The third-order valence-corrected chi connectivity index (χ3v) is 1.78. The van der Waals surface area contributed by atoms with E-state index in [4.69, 9.17) is 15.9 Å². The van der Waals surface area contributed by atoms with Crippen molar-refractivity contribution in [1.29, 1.82) is 0 Å². The van der Waals surface area contributed by atoms with E-state index in [9.17, 15) is 4.79 Å². The maximum absolute atomic E-state index is 10.2. The standard InChI is InChI=1S/C6H11NO.C6H6O2/c1-3-4-5(2)6(7)8;7-5-3-1-2-4-6(5)8/h4H,3H2,1-2H3,(H2,7,8);1-4,7-8H. The first-order valence-corrected chi connectivity index (χ1v) is 4.92. The van der Waals surface area contributed by atoms with Crippen LogP contribution in [0.25, 0.3) is 0 Å². The molecule has 4 nitrogen and oxygen atoms in total. The van der Waals surface area contributed by atoms with Crippen LogP contribution in [0, 0.1) is 0 Å². The molecule has 4 heteroatoms. The van der Waals surface area contributed by atoms with Crippen LogP contribution in [-0.4, -0.2) is 16.1 Å². The van der Waals surface area contributed by atoms with Crippen molar-refractivity contribution in [1.82, 2.24) is 0 Å². The number of nitrogens with two attached hydrogens (primary N) is 1. The average Bonchev–Trinajstić information content (AvgIpc) is 2.24. The maximum atomic E-state index is 10.2. The number of allylic oxidation sites excluding steroid dienone is 1. The normalized spacial score (nSPS) is 10.2. The van der Waals surface area contributed by atoms with E-state index in [1.165, 1.54) is 12.1 Å². The minimum Gasteiger partial charge on any atom is -0.504 e. The Balaban J connectivity index is 0.000000281. The van der Waals surface area contributed by atoms with Crippen LogP contribution in [-0.2, 0) is 4.79 Å². The monoisotopic (exact) mass is 223 g/mol. The summed E-state index contributed by atoms with van der Waals surface area (Å²) in [7, 11) is 0. The van der Waals surface area contributed by atoms with E-state index in [1.54, 1.807) is 19.1 Å². The number of carbonyl (C=O) groups excluding carboxylic acids is 1. The third-order valence-electron chi connectivity index (χ3n) is 1.78. The highest BCUT2D eigenvalue weighted by Crippen LogP contribution is 2.21. The van der Waals surface area contributed by atoms with Crippen LogP contribution in [0.15, 0.2) is 35.9 Å². The molecule has 0 saturated heterocycles. The molecule has 0 heterocycles. The summed E-state index contributed by atoms with van der Waals surface area (Å²) in [6, 6.07) is 6.15. The van der Waals surface area contributed by atoms with Crippen LogP contribution in [0.2, 0.25) is 0 Å². The van der Waals surface area contributed by atoms with Crippen LogP contribution in [0.1, 0.15) is 20.3 Å². The number of rotatable bonds is 2. The molecule has 88 valence electrons. The Morgan fingerprint density at radius 1 is 1.31 bits per heavy atom. The van der Waals surface area contributed by atoms with Gasteiger partial charge in [0.05, 0.1) is 0 Å². The van der Waals surface area contributed by atoms with E-state index in [-0.39, 0.29) is 17.4 Å². The van der Waals surface area contributed by atoms with Crippen LogP contribution < -0.4 is 5.73 Å². The number of carbonyl (C=O) groups is 1. The molecule has 1 aromatic rings. The lowest BCUT2D eigenvalue weighted by atomic mass is 10.2. The Labute approximate surface area is 95.0 Å². The smallest absolute Gasteiger partial charge is 0.244 e. The minimum atomic E-state index is -0.327. The number of hydrogen-bond donors (Lipinski definition) is 3. The number of primary amides is 1. The van der Waals surface area contributed by atoms with Crippen LogP contribution >= 0.6 is 0 Å². The fraction of sp³-hybridized carbons (Fsp3) is 0.250. The first-order chi connectivity index (χ1) is 7.49. The van der Waals surface area contributed by atoms with E-state index < -0.39 is 0 Å².